The molecule has 1 saturated heterocycles. The molecular weight excluding hydrogens is 416 g/mol. The highest BCUT2D eigenvalue weighted by molar-refractivity contribution is 7.89. The molecule has 0 aliphatic carbocycles. The van der Waals surface area contributed by atoms with Crippen molar-refractivity contribution in [2.45, 2.75) is 24.7 Å². The number of nitrogens with zero attached hydrogens (tertiary/aromatic N) is 1. The number of ether oxygens (including phenoxy) is 1. The van der Waals surface area contributed by atoms with Crippen LogP contribution < -0.4 is 0 Å². The van der Waals surface area contributed by atoms with Crippen molar-refractivity contribution in [3.8, 4) is 0 Å². The molecule has 0 saturated carbocycles. The zero-order valence-corrected chi connectivity index (χ0v) is 17.1. The van der Waals surface area contributed by atoms with Gasteiger partial charge < -0.3 is 4.74 Å². The molecule has 0 atom stereocenters. The largest absolute Gasteiger partial charge is 0.457 e. The van der Waals surface area contributed by atoms with Crippen LogP contribution in [-0.4, -0.2) is 44.2 Å². The monoisotopic (exact) mass is 437 g/mol. The second kappa shape index (κ2) is 9.01. The van der Waals surface area contributed by atoms with Crippen LogP contribution in [0.5, 0.6) is 0 Å². The third-order valence-corrected chi connectivity index (χ3v) is 6.93. The first-order chi connectivity index (χ1) is 14.2. The van der Waals surface area contributed by atoms with E-state index in [0.29, 0.717) is 11.6 Å². The summed E-state index contributed by atoms with van der Waals surface area (Å²) in [5, 5.41) is 0. The average Bonchev–Trinajstić information content (AvgIpc) is 2.74. The summed E-state index contributed by atoms with van der Waals surface area (Å²) in [5.41, 5.74) is 1.44. The Morgan fingerprint density at radius 1 is 1.07 bits per heavy atom. The van der Waals surface area contributed by atoms with Gasteiger partial charge in [0.15, 0.2) is 12.4 Å². The van der Waals surface area contributed by atoms with E-state index >= 15 is 0 Å². The van der Waals surface area contributed by atoms with E-state index in [1.807, 2.05) is 6.92 Å². The number of ketones is 1. The summed E-state index contributed by atoms with van der Waals surface area (Å²) < 4.78 is 58.6. The zero-order valence-electron chi connectivity index (χ0n) is 16.3. The van der Waals surface area contributed by atoms with Crippen molar-refractivity contribution in [3.63, 3.8) is 0 Å². The standard InChI is InChI=1S/C21H21F2NO5S/c1-14-2-4-15(5-3-14)19(25)13-29-21(26)16-8-10-24(11-9-16)30(27,28)20-12-17(22)6-7-18(20)23/h2-7,12,16H,8-11,13H2,1H3. The Hall–Kier alpha value is -2.65. The summed E-state index contributed by atoms with van der Waals surface area (Å²) in [7, 11) is -4.22. The Labute approximate surface area is 173 Å². The summed E-state index contributed by atoms with van der Waals surface area (Å²) in [6.07, 6.45) is 0.321. The fourth-order valence-electron chi connectivity index (χ4n) is 3.22. The fourth-order valence-corrected chi connectivity index (χ4v) is 4.77. The summed E-state index contributed by atoms with van der Waals surface area (Å²) in [6, 6.07) is 9.12. The summed E-state index contributed by atoms with van der Waals surface area (Å²) in [6.45, 7) is 1.42. The van der Waals surface area contributed by atoms with Gasteiger partial charge in [0.2, 0.25) is 10.0 Å². The lowest BCUT2D eigenvalue weighted by atomic mass is 9.98. The van der Waals surface area contributed by atoms with Crippen LogP contribution in [0.25, 0.3) is 0 Å². The summed E-state index contributed by atoms with van der Waals surface area (Å²) in [4.78, 5) is 23.6. The number of aryl methyl sites for hydroxylation is 1. The molecule has 0 spiro atoms. The van der Waals surface area contributed by atoms with Gasteiger partial charge in [0.25, 0.3) is 0 Å². The van der Waals surface area contributed by atoms with Crippen molar-refractivity contribution in [3.05, 3.63) is 65.2 Å². The van der Waals surface area contributed by atoms with Crippen LogP contribution in [0.1, 0.15) is 28.8 Å². The Morgan fingerprint density at radius 3 is 2.33 bits per heavy atom. The van der Waals surface area contributed by atoms with Gasteiger partial charge in [-0.15, -0.1) is 0 Å². The van der Waals surface area contributed by atoms with E-state index in [4.69, 9.17) is 4.74 Å². The number of esters is 1. The van der Waals surface area contributed by atoms with E-state index in [2.05, 4.69) is 0 Å². The Balaban J connectivity index is 1.55. The molecule has 2 aromatic rings. The quantitative estimate of drug-likeness (QED) is 0.513. The minimum atomic E-state index is -4.22. The van der Waals surface area contributed by atoms with Crippen LogP contribution >= 0.6 is 0 Å². The highest BCUT2D eigenvalue weighted by Gasteiger charge is 2.34. The first kappa shape index (κ1) is 22.0. The molecular formula is C21H21F2NO5S. The smallest absolute Gasteiger partial charge is 0.309 e. The van der Waals surface area contributed by atoms with Crippen LogP contribution in [0.4, 0.5) is 8.78 Å². The van der Waals surface area contributed by atoms with Crippen molar-refractivity contribution < 1.29 is 31.5 Å². The third kappa shape index (κ3) is 4.91. The van der Waals surface area contributed by atoms with E-state index in [0.717, 1.165) is 22.0 Å². The van der Waals surface area contributed by atoms with E-state index < -0.39 is 45.0 Å². The number of Topliss-reactive ketones (excluding diaryl/α,β-unsaturated/α-hetero) is 1. The van der Waals surface area contributed by atoms with Gasteiger partial charge in [0, 0.05) is 18.7 Å². The molecule has 0 unspecified atom stereocenters. The molecule has 1 aliphatic heterocycles. The topological polar surface area (TPSA) is 80.8 Å². The highest BCUT2D eigenvalue weighted by Crippen LogP contribution is 2.26. The van der Waals surface area contributed by atoms with Gasteiger partial charge in [-0.3, -0.25) is 9.59 Å². The number of hydrogen-bond acceptors (Lipinski definition) is 5. The van der Waals surface area contributed by atoms with E-state index in [1.165, 1.54) is 0 Å². The maximum atomic E-state index is 13.9. The summed E-state index contributed by atoms with van der Waals surface area (Å²) in [5.74, 6) is -3.37. The maximum Gasteiger partial charge on any atom is 0.309 e. The van der Waals surface area contributed by atoms with E-state index in [1.54, 1.807) is 24.3 Å². The fraction of sp³-hybridized carbons (Fsp3) is 0.333. The van der Waals surface area contributed by atoms with E-state index in [-0.39, 0.29) is 31.7 Å². The lowest BCUT2D eigenvalue weighted by Crippen LogP contribution is -2.41. The molecule has 6 nitrogen and oxygen atoms in total. The molecule has 0 N–H and O–H groups in total. The van der Waals surface area contributed by atoms with Crippen molar-refractivity contribution in [2.24, 2.45) is 5.92 Å². The zero-order chi connectivity index (χ0) is 21.9. The van der Waals surface area contributed by atoms with Crippen LogP contribution in [0, 0.1) is 24.5 Å². The number of sulfonamides is 1. The minimum Gasteiger partial charge on any atom is -0.457 e. The molecule has 9 heteroatoms. The lowest BCUT2D eigenvalue weighted by Gasteiger charge is -2.30. The van der Waals surface area contributed by atoms with Crippen molar-refractivity contribution >= 4 is 21.8 Å². The van der Waals surface area contributed by atoms with Crippen molar-refractivity contribution in [1.82, 2.24) is 4.31 Å². The van der Waals surface area contributed by atoms with Gasteiger partial charge in [-0.25, -0.2) is 17.2 Å². The molecule has 0 aromatic heterocycles. The van der Waals surface area contributed by atoms with Gasteiger partial charge >= 0.3 is 5.97 Å². The normalized spacial score (nSPS) is 15.7. The van der Waals surface area contributed by atoms with Crippen molar-refractivity contribution in [2.75, 3.05) is 19.7 Å². The molecule has 1 heterocycles. The minimum absolute atomic E-state index is 0.0377. The van der Waals surface area contributed by atoms with Gasteiger partial charge in [0.1, 0.15) is 16.5 Å². The average molecular weight is 437 g/mol. The molecule has 0 amide bonds. The van der Waals surface area contributed by atoms with Crippen LogP contribution in [0.3, 0.4) is 0 Å². The lowest BCUT2D eigenvalue weighted by molar-refractivity contribution is -0.148. The maximum absolute atomic E-state index is 13.9. The third-order valence-electron chi connectivity index (χ3n) is 5.02. The highest BCUT2D eigenvalue weighted by atomic mass is 32.2. The van der Waals surface area contributed by atoms with Crippen LogP contribution in [0.15, 0.2) is 47.4 Å². The Kier molecular flexibility index (Phi) is 6.62. The number of halogens is 2. The number of carbonyl (C=O) groups excluding carboxylic acids is 2. The van der Waals surface area contributed by atoms with Gasteiger partial charge in [-0.2, -0.15) is 4.31 Å². The molecule has 160 valence electrons. The SMILES string of the molecule is Cc1ccc(C(=O)COC(=O)C2CCN(S(=O)(=O)c3cc(F)ccc3F)CC2)cc1. The number of piperidine rings is 1. The number of benzene rings is 2. The van der Waals surface area contributed by atoms with Crippen LogP contribution in [0.2, 0.25) is 0 Å². The molecule has 0 radical (unpaired) electrons. The second-order valence-electron chi connectivity index (χ2n) is 7.15. The van der Waals surface area contributed by atoms with Crippen LogP contribution in [-0.2, 0) is 19.6 Å². The predicted molar refractivity (Wildman–Crippen MR) is 104 cm³/mol. The molecule has 2 aromatic carbocycles. The Morgan fingerprint density at radius 2 is 1.70 bits per heavy atom. The molecule has 1 aliphatic rings. The summed E-state index contributed by atoms with van der Waals surface area (Å²) >= 11 is 0. The van der Waals surface area contributed by atoms with Gasteiger partial charge in [-0.1, -0.05) is 29.8 Å². The molecule has 30 heavy (non-hydrogen) atoms. The first-order valence-corrected chi connectivity index (χ1v) is 10.8. The molecule has 3 rings (SSSR count). The molecule has 1 fully saturated rings. The number of hydrogen-bond donors (Lipinski definition) is 0. The Bertz CT molecular complexity index is 1050. The van der Waals surface area contributed by atoms with Crippen molar-refractivity contribution in [1.29, 1.82) is 0 Å². The second-order valence-corrected chi connectivity index (χ2v) is 9.06. The van der Waals surface area contributed by atoms with Gasteiger partial charge in [-0.05, 0) is 38.0 Å². The van der Waals surface area contributed by atoms with E-state index in [9.17, 15) is 26.8 Å². The molecule has 0 bridgehead atoms. The first-order valence-electron chi connectivity index (χ1n) is 9.40. The predicted octanol–water partition coefficient (Wildman–Crippen LogP) is 3.10. The number of rotatable bonds is 6. The van der Waals surface area contributed by atoms with Gasteiger partial charge in [0.05, 0.1) is 5.92 Å². The number of carbonyl (C=O) groups is 2.